The molecule has 0 aliphatic carbocycles. The van der Waals surface area contributed by atoms with E-state index in [4.69, 9.17) is 0 Å². The van der Waals surface area contributed by atoms with Gasteiger partial charge in [-0.1, -0.05) is 18.7 Å². The van der Waals surface area contributed by atoms with Crippen LogP contribution in [0.4, 0.5) is 13.2 Å². The normalized spacial score (nSPS) is 11.0. The van der Waals surface area contributed by atoms with Gasteiger partial charge >= 0.3 is 6.36 Å². The minimum Gasteiger partial charge on any atom is -0.508 e. The molecule has 0 aromatic heterocycles. The summed E-state index contributed by atoms with van der Waals surface area (Å²) in [6.07, 6.45) is -4.70. The first-order valence-corrected chi connectivity index (χ1v) is 6.40. The molecule has 2 aromatic rings. The van der Waals surface area contributed by atoms with Gasteiger partial charge in [-0.05, 0) is 47.5 Å². The first kappa shape index (κ1) is 15.8. The molecular formula is C16H14F3NO2. The molecule has 0 radical (unpaired) electrons. The lowest BCUT2D eigenvalue weighted by Crippen LogP contribution is -2.17. The SMILES string of the molecule is C=C(NCc1cccc(O)c1)c1ccc(OC(F)(F)F)cc1. The average Bonchev–Trinajstić information content (AvgIpc) is 2.44. The molecule has 0 saturated carbocycles. The topological polar surface area (TPSA) is 41.5 Å². The smallest absolute Gasteiger partial charge is 0.508 e. The van der Waals surface area contributed by atoms with Crippen LogP contribution < -0.4 is 10.1 Å². The summed E-state index contributed by atoms with van der Waals surface area (Å²) < 4.78 is 40.0. The first-order chi connectivity index (χ1) is 10.3. The zero-order chi connectivity index (χ0) is 16.2. The predicted molar refractivity (Wildman–Crippen MR) is 77.1 cm³/mol. The van der Waals surface area contributed by atoms with Crippen LogP contribution in [0.1, 0.15) is 11.1 Å². The van der Waals surface area contributed by atoms with Crippen LogP contribution in [0, 0.1) is 0 Å². The van der Waals surface area contributed by atoms with E-state index in [1.807, 2.05) is 6.07 Å². The number of aromatic hydroxyl groups is 1. The van der Waals surface area contributed by atoms with E-state index >= 15 is 0 Å². The van der Waals surface area contributed by atoms with E-state index in [1.165, 1.54) is 24.3 Å². The third kappa shape index (κ3) is 4.73. The number of benzene rings is 2. The summed E-state index contributed by atoms with van der Waals surface area (Å²) in [6.45, 7) is 4.27. The average molecular weight is 309 g/mol. The van der Waals surface area contributed by atoms with Crippen molar-refractivity contribution in [3.63, 3.8) is 0 Å². The Bertz CT molecular complexity index is 651. The Balaban J connectivity index is 1.95. The number of nitrogens with one attached hydrogen (secondary N) is 1. The van der Waals surface area contributed by atoms with Crippen LogP contribution in [-0.4, -0.2) is 11.5 Å². The van der Waals surface area contributed by atoms with Crippen molar-refractivity contribution in [3.8, 4) is 11.5 Å². The van der Waals surface area contributed by atoms with E-state index in [0.717, 1.165) is 5.56 Å². The predicted octanol–water partition coefficient (Wildman–Crippen LogP) is 4.05. The second-order valence-corrected chi connectivity index (χ2v) is 4.57. The monoisotopic (exact) mass is 309 g/mol. The minimum absolute atomic E-state index is 0.165. The van der Waals surface area contributed by atoms with Crippen molar-refractivity contribution in [2.75, 3.05) is 0 Å². The molecule has 0 aliphatic heterocycles. The highest BCUT2D eigenvalue weighted by atomic mass is 19.4. The highest BCUT2D eigenvalue weighted by Crippen LogP contribution is 2.24. The van der Waals surface area contributed by atoms with Gasteiger partial charge < -0.3 is 15.2 Å². The van der Waals surface area contributed by atoms with Crippen molar-refractivity contribution in [1.29, 1.82) is 0 Å². The lowest BCUT2D eigenvalue weighted by atomic mass is 10.1. The maximum Gasteiger partial charge on any atom is 0.573 e. The Morgan fingerprint density at radius 1 is 1.14 bits per heavy atom. The van der Waals surface area contributed by atoms with Crippen molar-refractivity contribution >= 4 is 5.70 Å². The van der Waals surface area contributed by atoms with E-state index in [-0.39, 0.29) is 11.5 Å². The van der Waals surface area contributed by atoms with Gasteiger partial charge in [0.1, 0.15) is 11.5 Å². The molecule has 22 heavy (non-hydrogen) atoms. The minimum atomic E-state index is -4.70. The standard InChI is InChI=1S/C16H14F3NO2/c1-11(20-10-12-3-2-4-14(21)9-12)13-5-7-15(8-6-13)22-16(17,18)19/h2-9,20-21H,1,10H2. The third-order valence-corrected chi connectivity index (χ3v) is 2.85. The fourth-order valence-corrected chi connectivity index (χ4v) is 1.84. The van der Waals surface area contributed by atoms with Crippen LogP contribution in [0.2, 0.25) is 0 Å². The van der Waals surface area contributed by atoms with E-state index in [0.29, 0.717) is 17.8 Å². The summed E-state index contributed by atoms with van der Waals surface area (Å²) in [5.41, 5.74) is 2.06. The van der Waals surface area contributed by atoms with Gasteiger partial charge in [-0.3, -0.25) is 0 Å². The molecule has 0 bridgehead atoms. The molecular weight excluding hydrogens is 295 g/mol. The molecule has 3 nitrogen and oxygen atoms in total. The molecule has 0 fully saturated rings. The zero-order valence-electron chi connectivity index (χ0n) is 11.5. The van der Waals surface area contributed by atoms with Crippen LogP contribution >= 0.6 is 0 Å². The van der Waals surface area contributed by atoms with Gasteiger partial charge in [0.15, 0.2) is 0 Å². The molecule has 0 aliphatic rings. The number of halogens is 3. The maximum atomic E-state index is 12.1. The van der Waals surface area contributed by atoms with Crippen LogP contribution in [0.25, 0.3) is 5.70 Å². The van der Waals surface area contributed by atoms with Crippen LogP contribution in [-0.2, 0) is 6.54 Å². The molecule has 116 valence electrons. The van der Waals surface area contributed by atoms with Crippen LogP contribution in [0.3, 0.4) is 0 Å². The van der Waals surface area contributed by atoms with E-state index in [1.54, 1.807) is 18.2 Å². The summed E-state index contributed by atoms with van der Waals surface area (Å²) >= 11 is 0. The molecule has 0 spiro atoms. The highest BCUT2D eigenvalue weighted by Gasteiger charge is 2.30. The second-order valence-electron chi connectivity index (χ2n) is 4.57. The summed E-state index contributed by atoms with van der Waals surface area (Å²) in [5, 5.41) is 12.4. The number of hydrogen-bond donors (Lipinski definition) is 2. The molecule has 2 rings (SSSR count). The Morgan fingerprint density at radius 2 is 1.82 bits per heavy atom. The van der Waals surface area contributed by atoms with Crippen molar-refractivity contribution < 1.29 is 23.0 Å². The molecule has 0 atom stereocenters. The van der Waals surface area contributed by atoms with E-state index < -0.39 is 6.36 Å². The second kappa shape index (κ2) is 6.43. The lowest BCUT2D eigenvalue weighted by Gasteiger charge is -2.12. The quantitative estimate of drug-likeness (QED) is 0.875. The fourth-order valence-electron chi connectivity index (χ4n) is 1.84. The Morgan fingerprint density at radius 3 is 2.41 bits per heavy atom. The maximum absolute atomic E-state index is 12.1. The van der Waals surface area contributed by atoms with Gasteiger partial charge in [-0.2, -0.15) is 0 Å². The van der Waals surface area contributed by atoms with E-state index in [2.05, 4.69) is 16.6 Å². The number of rotatable bonds is 5. The fraction of sp³-hybridized carbons (Fsp3) is 0.125. The largest absolute Gasteiger partial charge is 0.573 e. The molecule has 0 amide bonds. The number of phenolic OH excluding ortho intramolecular Hbond substituents is 1. The summed E-state index contributed by atoms with van der Waals surface area (Å²) in [4.78, 5) is 0. The molecule has 0 saturated heterocycles. The lowest BCUT2D eigenvalue weighted by molar-refractivity contribution is -0.274. The molecule has 2 N–H and O–H groups in total. The Kier molecular flexibility index (Phi) is 4.60. The molecule has 2 aromatic carbocycles. The Hall–Kier alpha value is -2.63. The van der Waals surface area contributed by atoms with Gasteiger partial charge in [0, 0.05) is 12.2 Å². The van der Waals surface area contributed by atoms with E-state index in [9.17, 15) is 18.3 Å². The van der Waals surface area contributed by atoms with Gasteiger partial charge in [0.05, 0.1) is 0 Å². The number of phenols is 1. The number of alkyl halides is 3. The summed E-state index contributed by atoms with van der Waals surface area (Å²) in [6, 6.07) is 12.2. The zero-order valence-corrected chi connectivity index (χ0v) is 11.5. The van der Waals surface area contributed by atoms with Gasteiger partial charge in [-0.25, -0.2) is 0 Å². The molecule has 0 heterocycles. The van der Waals surface area contributed by atoms with Crippen LogP contribution in [0.5, 0.6) is 11.5 Å². The number of hydrogen-bond acceptors (Lipinski definition) is 3. The van der Waals surface area contributed by atoms with Crippen molar-refractivity contribution in [3.05, 3.63) is 66.2 Å². The summed E-state index contributed by atoms with van der Waals surface area (Å²) in [5.74, 6) is -0.115. The third-order valence-electron chi connectivity index (χ3n) is 2.85. The van der Waals surface area contributed by atoms with Crippen LogP contribution in [0.15, 0.2) is 55.1 Å². The van der Waals surface area contributed by atoms with Crippen molar-refractivity contribution in [2.24, 2.45) is 0 Å². The molecule has 6 heteroatoms. The van der Waals surface area contributed by atoms with Crippen molar-refractivity contribution in [2.45, 2.75) is 12.9 Å². The van der Waals surface area contributed by atoms with Gasteiger partial charge in [0.2, 0.25) is 0 Å². The van der Waals surface area contributed by atoms with Gasteiger partial charge in [-0.15, -0.1) is 13.2 Å². The van der Waals surface area contributed by atoms with Crippen molar-refractivity contribution in [1.82, 2.24) is 5.32 Å². The van der Waals surface area contributed by atoms with Gasteiger partial charge in [0.25, 0.3) is 0 Å². The Labute approximate surface area is 125 Å². The first-order valence-electron chi connectivity index (χ1n) is 6.40. The molecule has 0 unspecified atom stereocenters. The number of ether oxygens (including phenoxy) is 1. The summed E-state index contributed by atoms with van der Waals surface area (Å²) in [7, 11) is 0. The highest BCUT2D eigenvalue weighted by molar-refractivity contribution is 5.62.